The Bertz CT molecular complexity index is 875. The predicted molar refractivity (Wildman–Crippen MR) is 120 cm³/mol. The van der Waals surface area contributed by atoms with E-state index in [9.17, 15) is 9.59 Å². The molecular weight excluding hydrogens is 408 g/mol. The summed E-state index contributed by atoms with van der Waals surface area (Å²) >= 11 is 0. The molecule has 2 aromatic rings. The van der Waals surface area contributed by atoms with E-state index in [1.807, 2.05) is 24.3 Å². The van der Waals surface area contributed by atoms with Gasteiger partial charge in [-0.3, -0.25) is 9.78 Å². The normalized spacial score (nSPS) is 13.8. The fourth-order valence-electron chi connectivity index (χ4n) is 3.31. The van der Waals surface area contributed by atoms with Crippen molar-refractivity contribution in [3.05, 3.63) is 82.3 Å². The second kappa shape index (κ2) is 10.8. The lowest BCUT2D eigenvalue weighted by Crippen LogP contribution is -2.13. The monoisotopic (exact) mass is 438 g/mol. The minimum atomic E-state index is -0.597. The molecule has 1 aliphatic rings. The quantitative estimate of drug-likeness (QED) is 0.342. The highest BCUT2D eigenvalue weighted by molar-refractivity contribution is 5.89. The summed E-state index contributed by atoms with van der Waals surface area (Å²) in [5.41, 5.74) is 3.05. The first kappa shape index (κ1) is 23.4. The van der Waals surface area contributed by atoms with Crippen molar-refractivity contribution < 1.29 is 29.1 Å². The molecule has 170 valence electrons. The van der Waals surface area contributed by atoms with Gasteiger partial charge in [-0.1, -0.05) is 52.0 Å². The third kappa shape index (κ3) is 6.13. The Morgan fingerprint density at radius 1 is 0.625 bits per heavy atom. The molecule has 0 saturated carbocycles. The maximum Gasteiger partial charge on any atom is 0.386 e. The maximum atomic E-state index is 12.3. The van der Waals surface area contributed by atoms with Gasteiger partial charge >= 0.3 is 11.9 Å². The zero-order chi connectivity index (χ0) is 23.1. The molecule has 0 heterocycles. The number of benzene rings is 2. The van der Waals surface area contributed by atoms with Gasteiger partial charge in [-0.2, -0.15) is 0 Å². The minimum absolute atomic E-state index is 0.353. The number of allylic oxidation sites excluding steroid dienone is 2. The molecule has 0 saturated heterocycles. The molecule has 6 heteroatoms. The van der Waals surface area contributed by atoms with Gasteiger partial charge in [-0.05, 0) is 60.1 Å². The lowest BCUT2D eigenvalue weighted by molar-refractivity contribution is -0.239. The summed E-state index contributed by atoms with van der Waals surface area (Å²) < 4.78 is 0. The van der Waals surface area contributed by atoms with Crippen molar-refractivity contribution in [1.29, 1.82) is 0 Å². The van der Waals surface area contributed by atoms with Crippen molar-refractivity contribution in [2.75, 3.05) is 0 Å². The number of rotatable bonds is 8. The second-order valence-corrected chi connectivity index (χ2v) is 8.52. The molecule has 6 nitrogen and oxygen atoms in total. The molecule has 0 bridgehead atoms. The van der Waals surface area contributed by atoms with Gasteiger partial charge in [0.2, 0.25) is 0 Å². The van der Waals surface area contributed by atoms with E-state index in [1.165, 1.54) is 0 Å². The summed E-state index contributed by atoms with van der Waals surface area (Å²) in [5.74, 6) is 0.260. The predicted octanol–water partition coefficient (Wildman–Crippen LogP) is 6.60. The molecule has 0 aromatic heterocycles. The molecule has 0 N–H and O–H groups in total. The summed E-state index contributed by atoms with van der Waals surface area (Å²) in [4.78, 5) is 45.2. The molecule has 0 atom stereocenters. The Kier molecular flexibility index (Phi) is 7.92. The Morgan fingerprint density at radius 2 is 0.969 bits per heavy atom. The van der Waals surface area contributed by atoms with Crippen molar-refractivity contribution in [2.45, 2.75) is 65.2 Å². The summed E-state index contributed by atoms with van der Waals surface area (Å²) in [7, 11) is 0. The molecule has 0 unspecified atom stereocenters. The van der Waals surface area contributed by atoms with Crippen molar-refractivity contribution in [3.8, 4) is 0 Å². The molecule has 2 aromatic carbocycles. The third-order valence-electron chi connectivity index (χ3n) is 5.43. The van der Waals surface area contributed by atoms with Crippen LogP contribution in [0.5, 0.6) is 0 Å². The van der Waals surface area contributed by atoms with Gasteiger partial charge in [-0.25, -0.2) is 19.4 Å². The van der Waals surface area contributed by atoms with Gasteiger partial charge in [0.1, 0.15) is 0 Å². The zero-order valence-electron chi connectivity index (χ0n) is 19.1. The van der Waals surface area contributed by atoms with Crippen molar-refractivity contribution in [2.24, 2.45) is 0 Å². The highest BCUT2D eigenvalue weighted by Gasteiger charge is 2.22. The van der Waals surface area contributed by atoms with Crippen molar-refractivity contribution >= 4 is 11.9 Å². The van der Waals surface area contributed by atoms with Crippen LogP contribution in [0.25, 0.3) is 0 Å². The summed E-state index contributed by atoms with van der Waals surface area (Å²) in [6, 6.07) is 14.4. The highest BCUT2D eigenvalue weighted by atomic mass is 17.2. The summed E-state index contributed by atoms with van der Waals surface area (Å²) in [5, 5.41) is 0. The Labute approximate surface area is 189 Å². The summed E-state index contributed by atoms with van der Waals surface area (Å²) in [6.45, 7) is 8.34. The molecular formula is C26H30O6. The van der Waals surface area contributed by atoms with Crippen LogP contribution >= 0.6 is 0 Å². The number of carbonyl (C=O) groups excluding carboxylic acids is 2. The van der Waals surface area contributed by atoms with Crippen molar-refractivity contribution in [3.63, 3.8) is 0 Å². The molecule has 0 aliphatic heterocycles. The van der Waals surface area contributed by atoms with E-state index in [0.29, 0.717) is 47.3 Å². The molecule has 32 heavy (non-hydrogen) atoms. The first-order chi connectivity index (χ1) is 15.3. The van der Waals surface area contributed by atoms with Gasteiger partial charge in [0.15, 0.2) is 11.5 Å². The first-order valence-corrected chi connectivity index (χ1v) is 11.0. The first-order valence-electron chi connectivity index (χ1n) is 11.0. The zero-order valence-corrected chi connectivity index (χ0v) is 19.1. The standard InChI is InChI=1S/C26H30O6/c1-17(2)19-9-13-21(14-10-19)25(27)31-29-23-7-5-6-8-24(23)30-32-26(28)22-15-11-20(12-16-22)18(3)4/h9-18H,5-8H2,1-4H3. The number of hydrogen-bond donors (Lipinski definition) is 0. The van der Waals surface area contributed by atoms with Crippen LogP contribution in [0.3, 0.4) is 0 Å². The van der Waals surface area contributed by atoms with E-state index < -0.39 is 11.9 Å². The molecule has 0 spiro atoms. The molecule has 3 rings (SSSR count). The van der Waals surface area contributed by atoms with Crippen LogP contribution in [0.15, 0.2) is 60.0 Å². The smallest absolute Gasteiger partial charge is 0.287 e. The maximum absolute atomic E-state index is 12.3. The topological polar surface area (TPSA) is 71.1 Å². The van der Waals surface area contributed by atoms with Crippen molar-refractivity contribution in [1.82, 2.24) is 0 Å². The largest absolute Gasteiger partial charge is 0.386 e. The van der Waals surface area contributed by atoms with E-state index in [-0.39, 0.29) is 0 Å². The molecule has 0 radical (unpaired) electrons. The van der Waals surface area contributed by atoms with Crippen LogP contribution < -0.4 is 0 Å². The fourth-order valence-corrected chi connectivity index (χ4v) is 3.31. The van der Waals surface area contributed by atoms with Gasteiger partial charge < -0.3 is 0 Å². The molecule has 0 amide bonds. The van der Waals surface area contributed by atoms with Crippen LogP contribution in [0, 0.1) is 0 Å². The van der Waals surface area contributed by atoms with Gasteiger partial charge in [0.05, 0.1) is 11.1 Å². The lowest BCUT2D eigenvalue weighted by Gasteiger charge is -2.17. The number of hydrogen-bond acceptors (Lipinski definition) is 6. The van der Waals surface area contributed by atoms with E-state index in [0.717, 1.165) is 24.0 Å². The second-order valence-electron chi connectivity index (χ2n) is 8.52. The van der Waals surface area contributed by atoms with Crippen LogP contribution in [0.2, 0.25) is 0 Å². The Morgan fingerprint density at radius 3 is 1.28 bits per heavy atom. The van der Waals surface area contributed by atoms with Crippen LogP contribution in [-0.2, 0) is 19.6 Å². The third-order valence-corrected chi connectivity index (χ3v) is 5.43. The van der Waals surface area contributed by atoms with E-state index in [2.05, 4.69) is 27.7 Å². The highest BCUT2D eigenvalue weighted by Crippen LogP contribution is 2.27. The minimum Gasteiger partial charge on any atom is -0.287 e. The van der Waals surface area contributed by atoms with Crippen LogP contribution in [0.4, 0.5) is 0 Å². The fraction of sp³-hybridized carbons (Fsp3) is 0.385. The summed E-state index contributed by atoms with van der Waals surface area (Å²) in [6.07, 6.45) is 2.76. The van der Waals surface area contributed by atoms with E-state index in [4.69, 9.17) is 19.6 Å². The molecule has 1 aliphatic carbocycles. The van der Waals surface area contributed by atoms with Crippen LogP contribution in [-0.4, -0.2) is 11.9 Å². The Hall–Kier alpha value is -3.28. The average molecular weight is 439 g/mol. The van der Waals surface area contributed by atoms with Gasteiger partial charge in [-0.15, -0.1) is 0 Å². The average Bonchev–Trinajstić information content (AvgIpc) is 2.81. The van der Waals surface area contributed by atoms with E-state index in [1.54, 1.807) is 24.3 Å². The lowest BCUT2D eigenvalue weighted by atomic mass is 10.0. The number of carbonyl (C=O) groups is 2. The SMILES string of the molecule is CC(C)c1ccc(C(=O)OOC2=C(OOC(=O)c3ccc(C(C)C)cc3)CCCC2)cc1. The molecule has 0 fully saturated rings. The van der Waals surface area contributed by atoms with Gasteiger partial charge in [0.25, 0.3) is 0 Å². The van der Waals surface area contributed by atoms with Crippen LogP contribution in [0.1, 0.15) is 97.1 Å². The Balaban J connectivity index is 1.58. The van der Waals surface area contributed by atoms with E-state index >= 15 is 0 Å². The van der Waals surface area contributed by atoms with Gasteiger partial charge in [0, 0.05) is 12.8 Å².